The molecule has 0 fully saturated rings. The molecular weight excluding hydrogens is 128 g/mol. The van der Waals surface area contributed by atoms with Crippen molar-refractivity contribution in [1.82, 2.24) is 0 Å². The van der Waals surface area contributed by atoms with Crippen molar-refractivity contribution in [2.45, 2.75) is 0 Å². The van der Waals surface area contributed by atoms with Crippen LogP contribution in [0.2, 0.25) is 0 Å². The summed E-state index contributed by atoms with van der Waals surface area (Å²) in [6, 6.07) is 0. The standard InChI is InChI=1S/3CH3.O.H3Si.Ti/h3*1H3;;1H3;/q3*-1;;;. The van der Waals surface area contributed by atoms with E-state index in [1.807, 2.05) is 0 Å². The van der Waals surface area contributed by atoms with E-state index in [0.717, 1.165) is 20.4 Å². The molecule has 1 nitrogen and oxygen atoms in total. The molecule has 0 heterocycles. The van der Waals surface area contributed by atoms with Gasteiger partial charge in [-0.25, -0.2) is 0 Å². The van der Waals surface area contributed by atoms with E-state index in [9.17, 15) is 0 Å². The van der Waals surface area contributed by atoms with Gasteiger partial charge in [0.15, 0.2) is 0 Å². The van der Waals surface area contributed by atoms with Crippen molar-refractivity contribution in [3.63, 3.8) is 0 Å². The van der Waals surface area contributed by atoms with E-state index >= 15 is 0 Å². The molecule has 0 saturated heterocycles. The maximum atomic E-state index is 8.25. The Morgan fingerprint density at radius 2 is 0.833 bits per heavy atom. The van der Waals surface area contributed by atoms with Crippen molar-refractivity contribution < 1.29 is 23.7 Å². The van der Waals surface area contributed by atoms with Gasteiger partial charge in [0, 0.05) is 0 Å². The van der Waals surface area contributed by atoms with Crippen molar-refractivity contribution in [1.29, 1.82) is 0 Å². The second kappa shape index (κ2) is 240. The van der Waals surface area contributed by atoms with Crippen LogP contribution in [0.5, 0.6) is 0 Å². The third-order valence-corrected chi connectivity index (χ3v) is 0. The summed E-state index contributed by atoms with van der Waals surface area (Å²) in [5.41, 5.74) is 0. The molecule has 0 aromatic heterocycles. The summed E-state index contributed by atoms with van der Waals surface area (Å²) in [6.07, 6.45) is 0. The quantitative estimate of drug-likeness (QED) is 0.343. The Morgan fingerprint density at radius 1 is 0.833 bits per heavy atom. The van der Waals surface area contributed by atoms with E-state index in [1.54, 1.807) is 0 Å². The molecule has 0 atom stereocenters. The zero-order chi connectivity index (χ0) is 2.00. The van der Waals surface area contributed by atoms with Crippen LogP contribution in [-0.2, 0) is 23.7 Å². The van der Waals surface area contributed by atoms with E-state index in [2.05, 4.69) is 0 Å². The molecule has 6 heavy (non-hydrogen) atoms. The molecular formula is C3H12OSiTi-3. The Kier molecular flexibility index (Phi) is 2950. The third-order valence-electron chi connectivity index (χ3n) is 0. The molecule has 0 saturated carbocycles. The van der Waals surface area contributed by atoms with Crippen molar-refractivity contribution in [2.24, 2.45) is 0 Å². The molecule has 0 spiro atoms. The first-order valence-corrected chi connectivity index (χ1v) is 0.842. The monoisotopic (exact) mass is 140 g/mol. The zero-order valence-electron chi connectivity index (χ0n) is 4.91. The average molecular weight is 140 g/mol. The van der Waals surface area contributed by atoms with Gasteiger partial charge in [-0.3, -0.25) is 0 Å². The topological polar surface area (TPSA) is 17.1 Å². The van der Waals surface area contributed by atoms with Gasteiger partial charge in [-0.1, -0.05) is 0 Å². The second-order valence-corrected chi connectivity index (χ2v) is 0. The Morgan fingerprint density at radius 3 is 0.833 bits per heavy atom. The minimum absolute atomic E-state index is 0. The molecule has 1 radical (unpaired) electrons. The van der Waals surface area contributed by atoms with Gasteiger partial charge < -0.3 is 22.3 Å². The number of hydrogen-bond donors (Lipinski definition) is 0. The van der Waals surface area contributed by atoms with Crippen LogP contribution in [0.25, 0.3) is 0 Å². The summed E-state index contributed by atoms with van der Waals surface area (Å²) in [7, 11) is 0. The fourth-order valence-electron chi connectivity index (χ4n) is 0. The molecule has 0 aromatic carbocycles. The minimum Gasteiger partial charge on any atom is -0.0125 e. The molecule has 0 unspecified atom stereocenters. The molecule has 0 amide bonds. The predicted molar refractivity (Wildman–Crippen MR) is 29.9 cm³/mol. The van der Waals surface area contributed by atoms with Gasteiger partial charge in [-0.15, -0.1) is 0 Å². The summed E-state index contributed by atoms with van der Waals surface area (Å²) in [4.78, 5) is 0. The summed E-state index contributed by atoms with van der Waals surface area (Å²) >= 11 is 0.750. The van der Waals surface area contributed by atoms with E-state index in [1.165, 1.54) is 0 Å². The minimum atomic E-state index is 0. The van der Waals surface area contributed by atoms with Gasteiger partial charge in [-0.05, 0) is 11.0 Å². The van der Waals surface area contributed by atoms with Gasteiger partial charge in [0.05, 0.1) is 0 Å². The number of rotatable bonds is 0. The van der Waals surface area contributed by atoms with Crippen LogP contribution in [0.15, 0.2) is 0 Å². The molecule has 41 valence electrons. The Balaban J connectivity index is -0.000000000833. The Bertz CT molecular complexity index is 10.8. The molecule has 0 rings (SSSR count). The maximum Gasteiger partial charge on any atom is -0.0125 e. The summed E-state index contributed by atoms with van der Waals surface area (Å²) < 4.78 is 8.25. The van der Waals surface area contributed by atoms with Crippen LogP contribution in [-0.4, -0.2) is 11.0 Å². The van der Waals surface area contributed by atoms with E-state index in [0.29, 0.717) is 0 Å². The molecule has 0 bridgehead atoms. The SMILES string of the molecule is [CH3-].[CH3-].[CH3-].[O]=[Ti].[SiH3]. The molecule has 0 aliphatic carbocycles. The first-order chi connectivity index (χ1) is 1.00. The fourth-order valence-corrected chi connectivity index (χ4v) is 0. The summed E-state index contributed by atoms with van der Waals surface area (Å²) in [5, 5.41) is 0. The van der Waals surface area contributed by atoms with Crippen LogP contribution >= 0.6 is 0 Å². The smallest absolute Gasteiger partial charge is 0.0125 e. The van der Waals surface area contributed by atoms with Crippen molar-refractivity contribution in [3.8, 4) is 0 Å². The van der Waals surface area contributed by atoms with Crippen molar-refractivity contribution in [2.75, 3.05) is 0 Å². The normalized spacial score (nSPS) is 0.500. The van der Waals surface area contributed by atoms with Crippen LogP contribution in [0.1, 0.15) is 0 Å². The van der Waals surface area contributed by atoms with Crippen molar-refractivity contribution in [3.05, 3.63) is 22.3 Å². The van der Waals surface area contributed by atoms with E-state index in [-0.39, 0.29) is 33.2 Å². The van der Waals surface area contributed by atoms with E-state index < -0.39 is 0 Å². The zero-order valence-corrected chi connectivity index (χ0v) is 8.47. The first-order valence-electron chi connectivity index (χ1n) is 0.204. The second-order valence-electron chi connectivity index (χ2n) is 0. The van der Waals surface area contributed by atoms with Gasteiger partial charge >= 0.3 is 23.7 Å². The largest absolute Gasteiger partial charge is 0.0125 e. The maximum absolute atomic E-state index is 8.25. The van der Waals surface area contributed by atoms with Gasteiger partial charge in [0.1, 0.15) is 0 Å². The Labute approximate surface area is 57.3 Å². The Hall–Kier alpha value is 0.731. The predicted octanol–water partition coefficient (Wildman–Crippen LogP) is 0.0457. The van der Waals surface area contributed by atoms with Crippen LogP contribution in [0.4, 0.5) is 0 Å². The molecule has 0 aromatic rings. The van der Waals surface area contributed by atoms with Crippen LogP contribution < -0.4 is 0 Å². The van der Waals surface area contributed by atoms with Crippen LogP contribution in [0.3, 0.4) is 0 Å². The van der Waals surface area contributed by atoms with E-state index in [4.69, 9.17) is 3.32 Å². The average Bonchev–Trinajstić information content (AvgIpc) is 1.00. The molecule has 0 aliphatic heterocycles. The first kappa shape index (κ1) is 73.8. The summed E-state index contributed by atoms with van der Waals surface area (Å²) in [5.74, 6) is 0. The van der Waals surface area contributed by atoms with Crippen LogP contribution in [0, 0.1) is 22.3 Å². The number of hydrogen-bond acceptors (Lipinski definition) is 1. The fraction of sp³-hybridized carbons (Fsp3) is 0. The van der Waals surface area contributed by atoms with Gasteiger partial charge in [0.25, 0.3) is 0 Å². The molecule has 3 heteroatoms. The summed E-state index contributed by atoms with van der Waals surface area (Å²) in [6.45, 7) is 0. The molecule has 0 N–H and O–H groups in total. The van der Waals surface area contributed by atoms with Crippen molar-refractivity contribution >= 4 is 11.0 Å². The molecule has 0 aliphatic rings. The third kappa shape index (κ3) is 123. The van der Waals surface area contributed by atoms with Gasteiger partial charge in [0.2, 0.25) is 0 Å². The van der Waals surface area contributed by atoms with Gasteiger partial charge in [-0.2, -0.15) is 0 Å².